The van der Waals surface area contributed by atoms with Crippen LogP contribution in [0.1, 0.15) is 49.9 Å². The number of carbonyl (C=O) groups is 2. The number of amides is 1. The molecule has 1 atom stereocenters. The molecule has 200 valence electrons. The fourth-order valence-corrected chi connectivity index (χ4v) is 4.60. The molecule has 0 radical (unpaired) electrons. The predicted octanol–water partition coefficient (Wildman–Crippen LogP) is 4.56. The van der Waals surface area contributed by atoms with Gasteiger partial charge in [0, 0.05) is 18.7 Å². The molecule has 37 heavy (non-hydrogen) atoms. The van der Waals surface area contributed by atoms with E-state index < -0.39 is 17.7 Å². The van der Waals surface area contributed by atoms with Gasteiger partial charge in [0.05, 0.1) is 32.4 Å². The number of hydrogen-bond acceptors (Lipinski definition) is 7. The molecule has 1 aliphatic heterocycles. The van der Waals surface area contributed by atoms with E-state index in [-0.39, 0.29) is 11.3 Å². The fourth-order valence-electron chi connectivity index (χ4n) is 4.60. The van der Waals surface area contributed by atoms with Gasteiger partial charge >= 0.3 is 0 Å². The maximum Gasteiger partial charge on any atom is 0.295 e. The van der Waals surface area contributed by atoms with Gasteiger partial charge in [-0.1, -0.05) is 26.8 Å². The van der Waals surface area contributed by atoms with Gasteiger partial charge in [-0.05, 0) is 67.9 Å². The summed E-state index contributed by atoms with van der Waals surface area (Å²) in [4.78, 5) is 30.4. The van der Waals surface area contributed by atoms with Crippen LogP contribution in [-0.4, -0.2) is 73.6 Å². The van der Waals surface area contributed by atoms with Crippen LogP contribution < -0.4 is 14.2 Å². The van der Waals surface area contributed by atoms with Gasteiger partial charge in [0.1, 0.15) is 11.5 Å². The Bertz CT molecular complexity index is 1160. The topological polar surface area (TPSA) is 88.5 Å². The van der Waals surface area contributed by atoms with E-state index >= 15 is 0 Å². The summed E-state index contributed by atoms with van der Waals surface area (Å²) in [6, 6.07) is 9.77. The molecule has 2 aromatic rings. The number of aliphatic hydroxyl groups is 1. The molecule has 0 saturated carbocycles. The van der Waals surface area contributed by atoms with Gasteiger partial charge in [0.25, 0.3) is 11.7 Å². The molecule has 1 N–H and O–H groups in total. The number of hydrogen-bond donors (Lipinski definition) is 1. The number of rotatable bonds is 12. The van der Waals surface area contributed by atoms with E-state index in [4.69, 9.17) is 14.2 Å². The lowest BCUT2D eigenvalue weighted by Gasteiger charge is -2.28. The van der Waals surface area contributed by atoms with Crippen LogP contribution >= 0.6 is 0 Å². The van der Waals surface area contributed by atoms with Crippen molar-refractivity contribution < 1.29 is 28.9 Å². The first-order chi connectivity index (χ1) is 17.8. The van der Waals surface area contributed by atoms with Crippen LogP contribution in [-0.2, 0) is 9.59 Å². The number of benzene rings is 2. The lowest BCUT2D eigenvalue weighted by molar-refractivity contribution is -0.140. The standard InChI is InChI=1S/C29H38N2O6/c1-7-16-37-22-12-11-21(17-19(22)4)27(32)25-26(20-10-13-23(35-5)24(18-20)36-6)31(29(34)28(25)33)15-14-30(8-2)9-3/h10-13,17-18,26,32H,7-9,14-16H2,1-6H3/b27-25-. The first-order valence-electron chi connectivity index (χ1n) is 12.8. The number of Topliss-reactive ketones (excluding diaryl/α,β-unsaturated/α-hetero) is 1. The smallest absolute Gasteiger partial charge is 0.295 e. The van der Waals surface area contributed by atoms with Gasteiger partial charge in [-0.15, -0.1) is 0 Å². The first kappa shape index (κ1) is 28.1. The minimum Gasteiger partial charge on any atom is -0.507 e. The Morgan fingerprint density at radius 2 is 1.65 bits per heavy atom. The molecule has 1 saturated heterocycles. The second-order valence-electron chi connectivity index (χ2n) is 8.96. The van der Waals surface area contributed by atoms with Crippen LogP contribution in [0.2, 0.25) is 0 Å². The van der Waals surface area contributed by atoms with Crippen LogP contribution in [0, 0.1) is 6.92 Å². The van der Waals surface area contributed by atoms with Crippen molar-refractivity contribution in [2.45, 2.75) is 40.2 Å². The number of ketones is 1. The summed E-state index contributed by atoms with van der Waals surface area (Å²) in [5, 5.41) is 11.4. The molecule has 8 heteroatoms. The third-order valence-corrected chi connectivity index (χ3v) is 6.72. The van der Waals surface area contributed by atoms with Gasteiger partial charge in [0.15, 0.2) is 11.5 Å². The first-order valence-corrected chi connectivity index (χ1v) is 12.8. The third kappa shape index (κ3) is 5.91. The second kappa shape index (κ2) is 12.6. The number of nitrogens with zero attached hydrogens (tertiary/aromatic N) is 2. The van der Waals surface area contributed by atoms with Gasteiger partial charge in [-0.3, -0.25) is 9.59 Å². The molecule has 2 aromatic carbocycles. The number of likely N-dealkylation sites (N-methyl/N-ethyl adjacent to an activating group) is 1. The number of aliphatic hydroxyl groups excluding tert-OH is 1. The summed E-state index contributed by atoms with van der Waals surface area (Å²) in [6.45, 7) is 11.2. The zero-order chi connectivity index (χ0) is 27.1. The van der Waals surface area contributed by atoms with Crippen LogP contribution in [0.3, 0.4) is 0 Å². The molecule has 1 aliphatic rings. The molecule has 1 unspecified atom stereocenters. The molecule has 3 rings (SSSR count). The van der Waals surface area contributed by atoms with Crippen LogP contribution in [0.5, 0.6) is 17.2 Å². The maximum absolute atomic E-state index is 13.4. The Balaban J connectivity index is 2.13. The van der Waals surface area contributed by atoms with E-state index in [2.05, 4.69) is 18.7 Å². The fraction of sp³-hybridized carbons (Fsp3) is 0.448. The average molecular weight is 511 g/mol. The molecule has 0 spiro atoms. The van der Waals surface area contributed by atoms with Crippen molar-refractivity contribution >= 4 is 17.4 Å². The third-order valence-electron chi connectivity index (χ3n) is 6.72. The quantitative estimate of drug-likeness (QED) is 0.254. The summed E-state index contributed by atoms with van der Waals surface area (Å²) >= 11 is 0. The molecule has 1 amide bonds. The second-order valence-corrected chi connectivity index (χ2v) is 8.96. The summed E-state index contributed by atoms with van der Waals surface area (Å²) < 4.78 is 16.6. The normalized spacial score (nSPS) is 16.9. The van der Waals surface area contributed by atoms with Gasteiger partial charge < -0.3 is 29.1 Å². The molecule has 0 bridgehead atoms. The lowest BCUT2D eigenvalue weighted by Crippen LogP contribution is -2.38. The lowest BCUT2D eigenvalue weighted by atomic mass is 9.94. The van der Waals surface area contributed by atoms with E-state index in [1.165, 1.54) is 7.11 Å². The number of likely N-dealkylation sites (tertiary alicyclic amines) is 1. The van der Waals surface area contributed by atoms with Gasteiger partial charge in [-0.2, -0.15) is 0 Å². The molecule has 0 aromatic heterocycles. The Labute approximate surface area is 219 Å². The summed E-state index contributed by atoms with van der Waals surface area (Å²) in [6.07, 6.45) is 0.878. The highest BCUT2D eigenvalue weighted by Gasteiger charge is 2.46. The van der Waals surface area contributed by atoms with Crippen LogP contribution in [0.4, 0.5) is 0 Å². The highest BCUT2D eigenvalue weighted by Crippen LogP contribution is 2.42. The number of carbonyl (C=O) groups excluding carboxylic acids is 2. The Morgan fingerprint density at radius 1 is 0.973 bits per heavy atom. The van der Waals surface area contributed by atoms with Crippen molar-refractivity contribution in [3.63, 3.8) is 0 Å². The molecular weight excluding hydrogens is 472 g/mol. The minimum absolute atomic E-state index is 0.0541. The zero-order valence-corrected chi connectivity index (χ0v) is 22.7. The molecular formula is C29H38N2O6. The maximum atomic E-state index is 13.4. The SMILES string of the molecule is CCCOc1ccc(/C(O)=C2/C(=O)C(=O)N(CCN(CC)CC)C2c2ccc(OC)c(OC)c2)cc1C. The summed E-state index contributed by atoms with van der Waals surface area (Å²) in [5.74, 6) is 0.171. The monoisotopic (exact) mass is 510 g/mol. The Morgan fingerprint density at radius 3 is 2.24 bits per heavy atom. The Hall–Kier alpha value is -3.52. The van der Waals surface area contributed by atoms with E-state index in [9.17, 15) is 14.7 Å². The summed E-state index contributed by atoms with van der Waals surface area (Å²) in [7, 11) is 3.08. The van der Waals surface area contributed by atoms with Gasteiger partial charge in [-0.25, -0.2) is 0 Å². The van der Waals surface area contributed by atoms with Crippen molar-refractivity contribution in [3.8, 4) is 17.2 Å². The van der Waals surface area contributed by atoms with Crippen LogP contribution in [0.25, 0.3) is 5.76 Å². The van der Waals surface area contributed by atoms with E-state index in [1.807, 2.05) is 13.8 Å². The highest BCUT2D eigenvalue weighted by molar-refractivity contribution is 6.46. The van der Waals surface area contributed by atoms with Crippen molar-refractivity contribution in [3.05, 3.63) is 58.7 Å². The van der Waals surface area contributed by atoms with Crippen molar-refractivity contribution in [2.75, 3.05) is 47.0 Å². The minimum atomic E-state index is -0.772. The predicted molar refractivity (Wildman–Crippen MR) is 143 cm³/mol. The average Bonchev–Trinajstić information content (AvgIpc) is 3.17. The Kier molecular flexibility index (Phi) is 9.58. The van der Waals surface area contributed by atoms with E-state index in [0.29, 0.717) is 42.3 Å². The highest BCUT2D eigenvalue weighted by atomic mass is 16.5. The van der Waals surface area contributed by atoms with Crippen molar-refractivity contribution in [2.24, 2.45) is 0 Å². The number of ether oxygens (including phenoxy) is 3. The molecule has 1 heterocycles. The van der Waals surface area contributed by atoms with Crippen LogP contribution in [0.15, 0.2) is 42.0 Å². The number of aryl methyl sites for hydroxylation is 1. The van der Waals surface area contributed by atoms with Crippen molar-refractivity contribution in [1.82, 2.24) is 9.80 Å². The van der Waals surface area contributed by atoms with Crippen molar-refractivity contribution in [1.29, 1.82) is 0 Å². The largest absolute Gasteiger partial charge is 0.507 e. The van der Waals surface area contributed by atoms with E-state index in [1.54, 1.807) is 48.4 Å². The molecule has 1 fully saturated rings. The summed E-state index contributed by atoms with van der Waals surface area (Å²) in [5.41, 5.74) is 1.99. The molecule has 0 aliphatic carbocycles. The number of methoxy groups -OCH3 is 2. The zero-order valence-electron chi connectivity index (χ0n) is 22.7. The van der Waals surface area contributed by atoms with Gasteiger partial charge in [0.2, 0.25) is 0 Å². The van der Waals surface area contributed by atoms with E-state index in [0.717, 1.165) is 30.8 Å². The molecule has 8 nitrogen and oxygen atoms in total.